The molecule has 0 aliphatic carbocycles. The Morgan fingerprint density at radius 3 is 2.22 bits per heavy atom. The molecular weight excluding hydrogens is 410 g/mol. The first-order chi connectivity index (χ1) is 15.6. The fourth-order valence-electron chi connectivity index (χ4n) is 4.11. The van der Waals surface area contributed by atoms with Crippen molar-refractivity contribution in [3.63, 3.8) is 0 Å². The molecule has 0 N–H and O–H groups in total. The summed E-state index contributed by atoms with van der Waals surface area (Å²) in [4.78, 5) is 14.4. The number of ether oxygens (including phenoxy) is 4. The predicted molar refractivity (Wildman–Crippen MR) is 123 cm³/mol. The number of fused-ring (bicyclic) bond motifs is 1. The lowest BCUT2D eigenvalue weighted by Gasteiger charge is -2.28. The van der Waals surface area contributed by atoms with Gasteiger partial charge in [0, 0.05) is 49.3 Å². The number of nitrogens with zero attached hydrogens (tertiary/aromatic N) is 1. The average molecular weight is 437 g/mol. The van der Waals surface area contributed by atoms with Crippen LogP contribution in [0.2, 0.25) is 0 Å². The summed E-state index contributed by atoms with van der Waals surface area (Å²) in [6.07, 6.45) is 3.01. The van der Waals surface area contributed by atoms with Crippen LogP contribution in [0.15, 0.2) is 51.7 Å². The maximum atomic E-state index is 12.1. The molecule has 0 unspecified atom stereocenters. The molecule has 4 rings (SSSR count). The zero-order valence-corrected chi connectivity index (χ0v) is 18.8. The van der Waals surface area contributed by atoms with Crippen molar-refractivity contribution in [1.29, 1.82) is 0 Å². The number of benzene rings is 2. The van der Waals surface area contributed by atoms with E-state index in [0.29, 0.717) is 23.6 Å². The van der Waals surface area contributed by atoms with Crippen LogP contribution in [0.1, 0.15) is 17.5 Å². The lowest BCUT2D eigenvalue weighted by molar-refractivity contribution is 0.293. The van der Waals surface area contributed by atoms with Gasteiger partial charge in [-0.25, -0.2) is 4.79 Å². The van der Waals surface area contributed by atoms with Gasteiger partial charge in [-0.2, -0.15) is 0 Å². The standard InChI is InChI=1S/C25H27NO6/c1-28-18-5-6-20-17(11-24(27)32-21(20)12-18)15-26-9-7-16(8-10-26)25-22(30-3)13-19(29-2)14-23(25)31-4/h5-7,11-14H,8-10,15H2,1-4H3. The second-order valence-electron chi connectivity index (χ2n) is 7.57. The summed E-state index contributed by atoms with van der Waals surface area (Å²) in [5, 5.41) is 0.915. The Labute approximate surface area is 186 Å². The van der Waals surface area contributed by atoms with Crippen molar-refractivity contribution in [2.75, 3.05) is 41.5 Å². The molecule has 0 atom stereocenters. The van der Waals surface area contributed by atoms with Gasteiger partial charge in [0.05, 0.1) is 34.0 Å². The van der Waals surface area contributed by atoms with Crippen molar-refractivity contribution in [3.05, 3.63) is 64.0 Å². The second-order valence-corrected chi connectivity index (χ2v) is 7.57. The molecule has 0 saturated carbocycles. The normalized spacial score (nSPS) is 14.2. The van der Waals surface area contributed by atoms with E-state index in [0.717, 1.165) is 47.5 Å². The molecule has 1 aliphatic rings. The molecule has 168 valence electrons. The van der Waals surface area contributed by atoms with Crippen molar-refractivity contribution in [2.45, 2.75) is 13.0 Å². The summed E-state index contributed by atoms with van der Waals surface area (Å²) in [6, 6.07) is 10.9. The number of hydrogen-bond donors (Lipinski definition) is 0. The van der Waals surface area contributed by atoms with Gasteiger partial charge >= 0.3 is 5.63 Å². The molecule has 3 aromatic rings. The highest BCUT2D eigenvalue weighted by Gasteiger charge is 2.21. The van der Waals surface area contributed by atoms with Gasteiger partial charge in [0.25, 0.3) is 0 Å². The van der Waals surface area contributed by atoms with Crippen molar-refractivity contribution in [1.82, 2.24) is 4.90 Å². The molecule has 7 nitrogen and oxygen atoms in total. The van der Waals surface area contributed by atoms with Crippen molar-refractivity contribution in [2.24, 2.45) is 0 Å². The van der Waals surface area contributed by atoms with E-state index in [-0.39, 0.29) is 5.63 Å². The van der Waals surface area contributed by atoms with Gasteiger partial charge in [0.2, 0.25) is 0 Å². The SMILES string of the molecule is COc1cc(OC)c(C2=CCN(Cc3cc(=O)oc4cc(OC)ccc34)CC2)c(OC)c1. The van der Waals surface area contributed by atoms with Crippen LogP contribution in [0, 0.1) is 0 Å². The Bertz CT molecular complexity index is 1190. The lowest BCUT2D eigenvalue weighted by Crippen LogP contribution is -2.28. The third-order valence-electron chi connectivity index (χ3n) is 5.76. The van der Waals surface area contributed by atoms with E-state index in [1.54, 1.807) is 40.6 Å². The summed E-state index contributed by atoms with van der Waals surface area (Å²) in [7, 11) is 6.51. The predicted octanol–water partition coefficient (Wildman–Crippen LogP) is 4.12. The third kappa shape index (κ3) is 4.29. The van der Waals surface area contributed by atoms with E-state index in [1.807, 2.05) is 24.3 Å². The molecule has 2 aromatic carbocycles. The minimum absolute atomic E-state index is 0.360. The molecule has 0 fully saturated rings. The lowest BCUT2D eigenvalue weighted by atomic mass is 9.96. The molecular formula is C25H27NO6. The monoisotopic (exact) mass is 437 g/mol. The summed E-state index contributed by atoms with van der Waals surface area (Å²) < 4.78 is 27.2. The topological polar surface area (TPSA) is 70.4 Å². The van der Waals surface area contributed by atoms with E-state index in [1.165, 1.54) is 5.57 Å². The summed E-state index contributed by atoms with van der Waals surface area (Å²) in [5.41, 5.74) is 3.23. The molecule has 0 amide bonds. The molecule has 1 aliphatic heterocycles. The molecule has 32 heavy (non-hydrogen) atoms. The van der Waals surface area contributed by atoms with Crippen LogP contribution in [-0.4, -0.2) is 46.4 Å². The Morgan fingerprint density at radius 1 is 0.906 bits per heavy atom. The highest BCUT2D eigenvalue weighted by Crippen LogP contribution is 2.41. The van der Waals surface area contributed by atoms with Gasteiger partial charge in [-0.05, 0) is 29.7 Å². The smallest absolute Gasteiger partial charge is 0.336 e. The van der Waals surface area contributed by atoms with Crippen molar-refractivity contribution >= 4 is 16.5 Å². The summed E-state index contributed by atoms with van der Waals surface area (Å²) >= 11 is 0. The molecule has 2 heterocycles. The van der Waals surface area contributed by atoms with Gasteiger partial charge < -0.3 is 23.4 Å². The molecule has 7 heteroatoms. The highest BCUT2D eigenvalue weighted by atomic mass is 16.5. The van der Waals surface area contributed by atoms with Crippen LogP contribution in [0.3, 0.4) is 0 Å². The van der Waals surface area contributed by atoms with Crippen LogP contribution >= 0.6 is 0 Å². The summed E-state index contributed by atoms with van der Waals surface area (Å²) in [6.45, 7) is 2.22. The van der Waals surface area contributed by atoms with E-state index >= 15 is 0 Å². The molecule has 0 bridgehead atoms. The zero-order chi connectivity index (χ0) is 22.7. The maximum Gasteiger partial charge on any atom is 0.336 e. The van der Waals surface area contributed by atoms with E-state index < -0.39 is 0 Å². The maximum absolute atomic E-state index is 12.1. The first kappa shape index (κ1) is 21.8. The van der Waals surface area contributed by atoms with Crippen molar-refractivity contribution < 1.29 is 23.4 Å². The van der Waals surface area contributed by atoms with E-state index in [2.05, 4.69) is 11.0 Å². The second kappa shape index (κ2) is 9.36. The highest BCUT2D eigenvalue weighted by molar-refractivity contribution is 5.81. The minimum atomic E-state index is -0.360. The van der Waals surface area contributed by atoms with Crippen molar-refractivity contribution in [3.8, 4) is 23.0 Å². The number of methoxy groups -OCH3 is 4. The number of rotatable bonds is 7. The molecule has 0 saturated heterocycles. The molecule has 1 aromatic heterocycles. The molecule has 0 radical (unpaired) electrons. The van der Waals surface area contributed by atoms with Crippen LogP contribution in [0.25, 0.3) is 16.5 Å². The zero-order valence-electron chi connectivity index (χ0n) is 18.8. The van der Waals surface area contributed by atoms with E-state index in [9.17, 15) is 4.79 Å². The average Bonchev–Trinajstić information content (AvgIpc) is 2.83. The molecule has 0 spiro atoms. The Morgan fingerprint density at radius 2 is 1.62 bits per heavy atom. The minimum Gasteiger partial charge on any atom is -0.497 e. The largest absolute Gasteiger partial charge is 0.497 e. The Hall–Kier alpha value is -3.45. The van der Waals surface area contributed by atoms with Gasteiger partial charge in [-0.15, -0.1) is 0 Å². The van der Waals surface area contributed by atoms with Gasteiger partial charge in [-0.3, -0.25) is 4.90 Å². The van der Waals surface area contributed by atoms with Crippen LogP contribution < -0.4 is 24.6 Å². The third-order valence-corrected chi connectivity index (χ3v) is 5.76. The summed E-state index contributed by atoms with van der Waals surface area (Å²) in [5.74, 6) is 2.79. The Balaban J connectivity index is 1.60. The van der Waals surface area contributed by atoms with Crippen LogP contribution in [0.4, 0.5) is 0 Å². The fourth-order valence-corrected chi connectivity index (χ4v) is 4.11. The fraction of sp³-hybridized carbons (Fsp3) is 0.320. The van der Waals surface area contributed by atoms with Crippen LogP contribution in [-0.2, 0) is 6.54 Å². The first-order valence-electron chi connectivity index (χ1n) is 10.4. The van der Waals surface area contributed by atoms with Gasteiger partial charge in [0.15, 0.2) is 0 Å². The quantitative estimate of drug-likeness (QED) is 0.515. The first-order valence-corrected chi connectivity index (χ1v) is 10.4. The number of hydrogen-bond acceptors (Lipinski definition) is 7. The van der Waals surface area contributed by atoms with Crippen LogP contribution in [0.5, 0.6) is 23.0 Å². The van der Waals surface area contributed by atoms with Gasteiger partial charge in [-0.1, -0.05) is 6.08 Å². The Kier molecular flexibility index (Phi) is 6.37. The van der Waals surface area contributed by atoms with E-state index in [4.69, 9.17) is 23.4 Å². The van der Waals surface area contributed by atoms with Gasteiger partial charge in [0.1, 0.15) is 28.6 Å².